The van der Waals surface area contributed by atoms with E-state index < -0.39 is 11.9 Å². The van der Waals surface area contributed by atoms with Crippen molar-refractivity contribution in [1.29, 1.82) is 0 Å². The zero-order chi connectivity index (χ0) is 12.1. The van der Waals surface area contributed by atoms with Gasteiger partial charge in [0.2, 0.25) is 0 Å². The molecular weight excluding hydrogens is 247 g/mol. The minimum absolute atomic E-state index is 0. The maximum Gasteiger partial charge on any atom is 1.00 e. The molecule has 0 aromatic heterocycles. The summed E-state index contributed by atoms with van der Waals surface area (Å²) in [6.45, 7) is 4.07. The second-order valence-corrected chi connectivity index (χ2v) is 3.83. The van der Waals surface area contributed by atoms with Crippen molar-refractivity contribution >= 4 is 11.9 Å². The molecule has 4 nitrogen and oxygen atoms in total. The SMILES string of the molecule is CC(C)COC(=O)c1ccccc1C(=O)[O-].[K+]. The normalized spacial score (nSPS) is 9.59. The molecule has 17 heavy (non-hydrogen) atoms. The van der Waals surface area contributed by atoms with Crippen LogP contribution >= 0.6 is 0 Å². The molecule has 0 heterocycles. The van der Waals surface area contributed by atoms with Gasteiger partial charge in [-0.2, -0.15) is 0 Å². The minimum atomic E-state index is -1.38. The zero-order valence-electron chi connectivity index (χ0n) is 10.2. The molecule has 86 valence electrons. The van der Waals surface area contributed by atoms with Crippen LogP contribution in [0.4, 0.5) is 0 Å². The largest absolute Gasteiger partial charge is 1.00 e. The molecule has 0 aliphatic rings. The van der Waals surface area contributed by atoms with Gasteiger partial charge in [-0.05, 0) is 12.0 Å². The van der Waals surface area contributed by atoms with Gasteiger partial charge in [0.05, 0.1) is 18.1 Å². The van der Waals surface area contributed by atoms with Gasteiger partial charge in [-0.25, -0.2) is 4.79 Å². The standard InChI is InChI=1S/C12H14O4.K/c1-8(2)7-16-12(15)10-6-4-3-5-9(10)11(13)14;/h3-6,8H,7H2,1-2H3,(H,13,14);/q;+1/p-1. The first kappa shape index (κ1) is 16.8. The van der Waals surface area contributed by atoms with Crippen LogP contribution in [-0.2, 0) is 4.74 Å². The second kappa shape index (κ2) is 8.00. The van der Waals surface area contributed by atoms with Gasteiger partial charge in [0.1, 0.15) is 0 Å². The average Bonchev–Trinajstić information content (AvgIpc) is 2.25. The topological polar surface area (TPSA) is 66.4 Å². The van der Waals surface area contributed by atoms with Gasteiger partial charge in [-0.3, -0.25) is 0 Å². The van der Waals surface area contributed by atoms with E-state index in [1.54, 1.807) is 6.07 Å². The molecule has 0 atom stereocenters. The molecule has 0 bridgehead atoms. The number of carboxylic acid groups (broad SMARTS) is 1. The van der Waals surface area contributed by atoms with Gasteiger partial charge in [0.25, 0.3) is 0 Å². The molecule has 0 fully saturated rings. The van der Waals surface area contributed by atoms with E-state index in [0.29, 0.717) is 0 Å². The van der Waals surface area contributed by atoms with Crippen LogP contribution in [0.3, 0.4) is 0 Å². The molecule has 1 aromatic carbocycles. The number of carbonyl (C=O) groups is 2. The predicted octanol–water partition coefficient (Wildman–Crippen LogP) is -2.13. The van der Waals surface area contributed by atoms with Crippen LogP contribution in [0.15, 0.2) is 24.3 Å². The number of rotatable bonds is 4. The Hall–Kier alpha value is -0.204. The van der Waals surface area contributed by atoms with Crippen molar-refractivity contribution in [1.82, 2.24) is 0 Å². The Morgan fingerprint density at radius 2 is 1.76 bits per heavy atom. The van der Waals surface area contributed by atoms with Gasteiger partial charge < -0.3 is 14.6 Å². The molecule has 0 radical (unpaired) electrons. The third-order valence-corrected chi connectivity index (χ3v) is 1.91. The Bertz CT molecular complexity index is 401. The van der Waals surface area contributed by atoms with Crippen LogP contribution in [0, 0.1) is 5.92 Å². The summed E-state index contributed by atoms with van der Waals surface area (Å²) in [5, 5.41) is 10.7. The summed E-state index contributed by atoms with van der Waals surface area (Å²) in [7, 11) is 0. The fourth-order valence-electron chi connectivity index (χ4n) is 1.16. The fraction of sp³-hybridized carbons (Fsp3) is 0.333. The summed E-state index contributed by atoms with van der Waals surface area (Å²) in [6.07, 6.45) is 0. The predicted molar refractivity (Wildman–Crippen MR) is 55.9 cm³/mol. The van der Waals surface area contributed by atoms with Crippen LogP contribution in [0.25, 0.3) is 0 Å². The van der Waals surface area contributed by atoms with Crippen molar-refractivity contribution in [3.05, 3.63) is 35.4 Å². The monoisotopic (exact) mass is 260 g/mol. The van der Waals surface area contributed by atoms with Crippen LogP contribution in [0.5, 0.6) is 0 Å². The van der Waals surface area contributed by atoms with Gasteiger partial charge in [-0.15, -0.1) is 0 Å². The maximum atomic E-state index is 11.6. The molecule has 5 heteroatoms. The molecule has 0 saturated heterocycles. The third kappa shape index (κ3) is 5.31. The molecule has 0 aliphatic carbocycles. The van der Waals surface area contributed by atoms with E-state index >= 15 is 0 Å². The molecule has 1 rings (SSSR count). The third-order valence-electron chi connectivity index (χ3n) is 1.91. The van der Waals surface area contributed by atoms with Crippen LogP contribution in [-0.4, -0.2) is 18.5 Å². The van der Waals surface area contributed by atoms with Crippen molar-refractivity contribution < 1.29 is 70.8 Å². The molecule has 1 aromatic rings. The quantitative estimate of drug-likeness (QED) is 0.458. The van der Waals surface area contributed by atoms with Crippen LogP contribution < -0.4 is 56.5 Å². The summed E-state index contributed by atoms with van der Waals surface area (Å²) >= 11 is 0. The van der Waals surface area contributed by atoms with Crippen molar-refractivity contribution in [3.63, 3.8) is 0 Å². The molecule has 0 N–H and O–H groups in total. The number of hydrogen-bond acceptors (Lipinski definition) is 4. The van der Waals surface area contributed by atoms with Gasteiger partial charge in [0, 0.05) is 5.56 Å². The number of benzene rings is 1. The van der Waals surface area contributed by atoms with E-state index in [1.165, 1.54) is 18.2 Å². The van der Waals surface area contributed by atoms with E-state index in [0.717, 1.165) is 0 Å². The summed E-state index contributed by atoms with van der Waals surface area (Å²) in [4.78, 5) is 22.3. The molecule has 0 amide bonds. The minimum Gasteiger partial charge on any atom is -0.545 e. The first-order valence-electron chi connectivity index (χ1n) is 5.00. The molecule has 0 saturated carbocycles. The van der Waals surface area contributed by atoms with Crippen molar-refractivity contribution in [2.24, 2.45) is 5.92 Å². The van der Waals surface area contributed by atoms with E-state index in [-0.39, 0.29) is 75.0 Å². The summed E-state index contributed by atoms with van der Waals surface area (Å²) in [6, 6.07) is 5.85. The number of carbonyl (C=O) groups excluding carboxylic acids is 2. The molecule has 0 unspecified atom stereocenters. The number of ether oxygens (including phenoxy) is 1. The Morgan fingerprint density at radius 1 is 1.24 bits per heavy atom. The molecule has 0 aliphatic heterocycles. The Kier molecular flexibility index (Phi) is 7.90. The summed E-state index contributed by atoms with van der Waals surface area (Å²) < 4.78 is 4.95. The molecule has 0 spiro atoms. The number of aromatic carboxylic acids is 1. The first-order chi connectivity index (χ1) is 7.52. The smallest absolute Gasteiger partial charge is 0.545 e. The summed E-state index contributed by atoms with van der Waals surface area (Å²) in [5.41, 5.74) is -0.112. The first-order valence-corrected chi connectivity index (χ1v) is 5.00. The van der Waals surface area contributed by atoms with Gasteiger partial charge in [-0.1, -0.05) is 32.0 Å². The van der Waals surface area contributed by atoms with E-state index in [9.17, 15) is 14.7 Å². The van der Waals surface area contributed by atoms with Crippen molar-refractivity contribution in [3.8, 4) is 0 Å². The zero-order valence-corrected chi connectivity index (χ0v) is 13.3. The molecular formula is C12H13KO4. The van der Waals surface area contributed by atoms with Crippen LogP contribution in [0.1, 0.15) is 34.6 Å². The van der Waals surface area contributed by atoms with E-state index in [1.807, 2.05) is 13.8 Å². The van der Waals surface area contributed by atoms with Gasteiger partial charge >= 0.3 is 57.4 Å². The van der Waals surface area contributed by atoms with E-state index in [2.05, 4.69) is 0 Å². The Balaban J connectivity index is 0.00000256. The van der Waals surface area contributed by atoms with Crippen molar-refractivity contribution in [2.45, 2.75) is 13.8 Å². The van der Waals surface area contributed by atoms with E-state index in [4.69, 9.17) is 4.74 Å². The van der Waals surface area contributed by atoms with Crippen molar-refractivity contribution in [2.75, 3.05) is 6.61 Å². The number of hydrogen-bond donors (Lipinski definition) is 0. The number of esters is 1. The average molecular weight is 260 g/mol. The summed E-state index contributed by atoms with van der Waals surface area (Å²) in [5.74, 6) is -1.80. The van der Waals surface area contributed by atoms with Gasteiger partial charge in [0.15, 0.2) is 0 Å². The Morgan fingerprint density at radius 3 is 2.24 bits per heavy atom. The Labute approximate surface area is 143 Å². The second-order valence-electron chi connectivity index (χ2n) is 3.83. The maximum absolute atomic E-state index is 11.6. The fourth-order valence-corrected chi connectivity index (χ4v) is 1.16. The number of carboxylic acids is 1. The van der Waals surface area contributed by atoms with Crippen LogP contribution in [0.2, 0.25) is 0 Å².